The third-order valence-electron chi connectivity index (χ3n) is 2.34. The van der Waals surface area contributed by atoms with E-state index in [1.54, 1.807) is 6.07 Å². The number of nitrogens with one attached hydrogen (secondary N) is 1. The minimum atomic E-state index is -2.89. The summed E-state index contributed by atoms with van der Waals surface area (Å²) in [6, 6.07) is 5.87. The molecule has 0 atom stereocenters. The molecule has 0 heterocycles. The summed E-state index contributed by atoms with van der Waals surface area (Å²) >= 11 is 0. The summed E-state index contributed by atoms with van der Waals surface area (Å²) in [4.78, 5) is 11.6. The number of halogens is 2. The average molecular weight is 272 g/mol. The predicted octanol–water partition coefficient (Wildman–Crippen LogP) is 2.74. The van der Waals surface area contributed by atoms with Crippen LogP contribution in [0.4, 0.5) is 14.5 Å². The number of nitrogens with two attached hydrogens (primary N) is 1. The van der Waals surface area contributed by atoms with Gasteiger partial charge in [-0.1, -0.05) is 6.07 Å². The van der Waals surface area contributed by atoms with Gasteiger partial charge in [0.2, 0.25) is 5.91 Å². The summed E-state index contributed by atoms with van der Waals surface area (Å²) in [5, 5.41) is 2.61. The number of rotatable bonds is 6. The second kappa shape index (κ2) is 6.47. The summed E-state index contributed by atoms with van der Waals surface area (Å²) < 4.78 is 28.3. The molecule has 0 aliphatic heterocycles. The molecule has 0 fully saturated rings. The van der Waals surface area contributed by atoms with Crippen molar-refractivity contribution in [1.82, 2.24) is 0 Å². The summed E-state index contributed by atoms with van der Waals surface area (Å²) in [5.41, 5.74) is 5.77. The molecule has 1 aromatic carbocycles. The normalized spacial score (nSPS) is 11.5. The van der Waals surface area contributed by atoms with Gasteiger partial charge in [0.15, 0.2) is 0 Å². The second-order valence-electron chi connectivity index (χ2n) is 4.94. The van der Waals surface area contributed by atoms with Crippen LogP contribution in [0.25, 0.3) is 0 Å². The molecule has 0 aromatic heterocycles. The SMILES string of the molecule is CC(C)(N)CCC(=O)Nc1cccc(OC(F)F)c1. The third kappa shape index (κ3) is 6.71. The van der Waals surface area contributed by atoms with Crippen LogP contribution in [-0.4, -0.2) is 18.1 Å². The molecule has 19 heavy (non-hydrogen) atoms. The Kier molecular flexibility index (Phi) is 5.23. The Morgan fingerprint density at radius 3 is 2.74 bits per heavy atom. The maximum Gasteiger partial charge on any atom is 0.387 e. The molecule has 1 rings (SSSR count). The molecule has 1 amide bonds. The van der Waals surface area contributed by atoms with Crippen molar-refractivity contribution in [3.05, 3.63) is 24.3 Å². The Morgan fingerprint density at radius 2 is 2.16 bits per heavy atom. The number of ether oxygens (including phenoxy) is 1. The molecule has 6 heteroatoms. The van der Waals surface area contributed by atoms with Gasteiger partial charge in [0.25, 0.3) is 0 Å². The van der Waals surface area contributed by atoms with Gasteiger partial charge >= 0.3 is 6.61 Å². The van der Waals surface area contributed by atoms with Crippen LogP contribution in [0.3, 0.4) is 0 Å². The van der Waals surface area contributed by atoms with Crippen LogP contribution in [-0.2, 0) is 4.79 Å². The highest BCUT2D eigenvalue weighted by atomic mass is 19.3. The first-order valence-electron chi connectivity index (χ1n) is 5.90. The van der Waals surface area contributed by atoms with Crippen LogP contribution in [0.15, 0.2) is 24.3 Å². The number of alkyl halides is 2. The van der Waals surface area contributed by atoms with Gasteiger partial charge in [-0.25, -0.2) is 0 Å². The van der Waals surface area contributed by atoms with Gasteiger partial charge in [-0.05, 0) is 32.4 Å². The molecule has 0 aliphatic carbocycles. The predicted molar refractivity (Wildman–Crippen MR) is 69.2 cm³/mol. The van der Waals surface area contributed by atoms with Crippen molar-refractivity contribution in [2.45, 2.75) is 38.8 Å². The first kappa shape index (κ1) is 15.4. The van der Waals surface area contributed by atoms with E-state index in [2.05, 4.69) is 10.1 Å². The molecule has 0 aliphatic rings. The maximum atomic E-state index is 12.0. The standard InChI is InChI=1S/C13H18F2N2O2/c1-13(2,16)7-6-11(18)17-9-4-3-5-10(8-9)19-12(14)15/h3-5,8,12H,6-7,16H2,1-2H3,(H,17,18). The number of benzene rings is 1. The van der Waals surface area contributed by atoms with E-state index in [4.69, 9.17) is 5.73 Å². The lowest BCUT2D eigenvalue weighted by atomic mass is 10.00. The van der Waals surface area contributed by atoms with Gasteiger partial charge in [0.1, 0.15) is 5.75 Å². The van der Waals surface area contributed by atoms with Gasteiger partial charge in [0, 0.05) is 23.7 Å². The van der Waals surface area contributed by atoms with Gasteiger partial charge in [-0.15, -0.1) is 0 Å². The third-order valence-corrected chi connectivity index (χ3v) is 2.34. The molecule has 0 saturated carbocycles. The molecule has 0 unspecified atom stereocenters. The van der Waals surface area contributed by atoms with Gasteiger partial charge in [-0.2, -0.15) is 8.78 Å². The summed E-state index contributed by atoms with van der Waals surface area (Å²) in [7, 11) is 0. The zero-order chi connectivity index (χ0) is 14.5. The molecule has 106 valence electrons. The van der Waals surface area contributed by atoms with Crippen molar-refractivity contribution in [2.24, 2.45) is 5.73 Å². The molecular weight excluding hydrogens is 254 g/mol. The van der Waals surface area contributed by atoms with Crippen molar-refractivity contribution in [3.8, 4) is 5.75 Å². The number of hydrogen-bond donors (Lipinski definition) is 2. The van der Waals surface area contributed by atoms with Crippen molar-refractivity contribution in [3.63, 3.8) is 0 Å². The van der Waals surface area contributed by atoms with Crippen molar-refractivity contribution >= 4 is 11.6 Å². The minimum Gasteiger partial charge on any atom is -0.435 e. The highest BCUT2D eigenvalue weighted by Gasteiger charge is 2.13. The van der Waals surface area contributed by atoms with E-state index < -0.39 is 12.2 Å². The van der Waals surface area contributed by atoms with Crippen LogP contribution in [0.5, 0.6) is 5.75 Å². The molecule has 0 bridgehead atoms. The number of anilines is 1. The molecule has 4 nitrogen and oxygen atoms in total. The first-order chi connectivity index (χ1) is 8.76. The molecule has 0 spiro atoms. The van der Waals surface area contributed by atoms with E-state index in [9.17, 15) is 13.6 Å². The van der Waals surface area contributed by atoms with Crippen molar-refractivity contribution in [1.29, 1.82) is 0 Å². The smallest absolute Gasteiger partial charge is 0.387 e. The summed E-state index contributed by atoms with van der Waals surface area (Å²) in [6.45, 7) is 0.776. The van der Waals surface area contributed by atoms with E-state index in [1.165, 1.54) is 18.2 Å². The van der Waals surface area contributed by atoms with Gasteiger partial charge in [0.05, 0.1) is 0 Å². The number of hydrogen-bond acceptors (Lipinski definition) is 3. The van der Waals surface area contributed by atoms with Gasteiger partial charge in [-0.3, -0.25) is 4.79 Å². The van der Waals surface area contributed by atoms with Crippen LogP contribution >= 0.6 is 0 Å². The summed E-state index contributed by atoms with van der Waals surface area (Å²) in [6.07, 6.45) is 0.801. The summed E-state index contributed by atoms with van der Waals surface area (Å²) in [5.74, 6) is -0.209. The lowest BCUT2D eigenvalue weighted by Gasteiger charge is -2.17. The van der Waals surface area contributed by atoms with Crippen LogP contribution < -0.4 is 15.8 Å². The molecule has 3 N–H and O–H groups in total. The van der Waals surface area contributed by atoms with E-state index in [1.807, 2.05) is 13.8 Å². The Balaban J connectivity index is 2.54. The molecule has 0 saturated heterocycles. The van der Waals surface area contributed by atoms with E-state index in [0.717, 1.165) is 0 Å². The molecule has 0 radical (unpaired) electrons. The second-order valence-corrected chi connectivity index (χ2v) is 4.94. The lowest BCUT2D eigenvalue weighted by Crippen LogP contribution is -2.33. The highest BCUT2D eigenvalue weighted by molar-refractivity contribution is 5.90. The van der Waals surface area contributed by atoms with Crippen molar-refractivity contribution in [2.75, 3.05) is 5.32 Å². The van der Waals surface area contributed by atoms with E-state index in [0.29, 0.717) is 12.1 Å². The van der Waals surface area contributed by atoms with E-state index >= 15 is 0 Å². The van der Waals surface area contributed by atoms with E-state index in [-0.39, 0.29) is 18.1 Å². The van der Waals surface area contributed by atoms with Crippen LogP contribution in [0.2, 0.25) is 0 Å². The Morgan fingerprint density at radius 1 is 1.47 bits per heavy atom. The number of carbonyl (C=O) groups excluding carboxylic acids is 1. The zero-order valence-electron chi connectivity index (χ0n) is 11.0. The Hall–Kier alpha value is -1.69. The topological polar surface area (TPSA) is 64.4 Å². The fraction of sp³-hybridized carbons (Fsp3) is 0.462. The number of carbonyl (C=O) groups is 1. The maximum absolute atomic E-state index is 12.0. The van der Waals surface area contributed by atoms with Gasteiger partial charge < -0.3 is 15.8 Å². The highest BCUT2D eigenvalue weighted by Crippen LogP contribution is 2.19. The van der Waals surface area contributed by atoms with Crippen LogP contribution in [0, 0.1) is 0 Å². The largest absolute Gasteiger partial charge is 0.435 e. The zero-order valence-corrected chi connectivity index (χ0v) is 11.0. The fourth-order valence-electron chi connectivity index (χ4n) is 1.41. The monoisotopic (exact) mass is 272 g/mol. The lowest BCUT2D eigenvalue weighted by molar-refractivity contribution is -0.116. The first-order valence-corrected chi connectivity index (χ1v) is 5.90. The fourth-order valence-corrected chi connectivity index (χ4v) is 1.41. The molecule has 1 aromatic rings. The quantitative estimate of drug-likeness (QED) is 0.837. The minimum absolute atomic E-state index is 0.00644. The average Bonchev–Trinajstić information content (AvgIpc) is 2.25. The molecular formula is C13H18F2N2O2. The van der Waals surface area contributed by atoms with Crippen LogP contribution in [0.1, 0.15) is 26.7 Å². The van der Waals surface area contributed by atoms with Crippen molar-refractivity contribution < 1.29 is 18.3 Å². The number of amides is 1. The Labute approximate surface area is 110 Å². The Bertz CT molecular complexity index is 431.